The number of nitrogens with one attached hydrogen (secondary N) is 1. The SMILES string of the molecule is CC[C@@H](c1cccc(OCc2ccccc2)c1)C(C)CNCc1ccccc1. The lowest BCUT2D eigenvalue weighted by molar-refractivity contribution is 0.305. The summed E-state index contributed by atoms with van der Waals surface area (Å²) in [5, 5.41) is 3.62. The van der Waals surface area contributed by atoms with Gasteiger partial charge in [-0.05, 0) is 53.6 Å². The Kier molecular flexibility index (Phi) is 7.69. The average molecular weight is 374 g/mol. The van der Waals surface area contributed by atoms with E-state index in [1.54, 1.807) is 0 Å². The second kappa shape index (κ2) is 10.7. The predicted octanol–water partition coefficient (Wildman–Crippen LogP) is 6.19. The van der Waals surface area contributed by atoms with Crippen molar-refractivity contribution >= 4 is 0 Å². The van der Waals surface area contributed by atoms with Gasteiger partial charge in [-0.2, -0.15) is 0 Å². The van der Waals surface area contributed by atoms with Gasteiger partial charge < -0.3 is 10.1 Å². The van der Waals surface area contributed by atoms with Crippen LogP contribution >= 0.6 is 0 Å². The number of benzene rings is 3. The van der Waals surface area contributed by atoms with Crippen molar-refractivity contribution in [2.24, 2.45) is 5.92 Å². The molecule has 0 aliphatic heterocycles. The molecule has 0 aliphatic rings. The second-order valence-electron chi connectivity index (χ2n) is 7.46. The van der Waals surface area contributed by atoms with Crippen LogP contribution in [0.25, 0.3) is 0 Å². The highest BCUT2D eigenvalue weighted by Crippen LogP contribution is 2.30. The van der Waals surface area contributed by atoms with Gasteiger partial charge in [-0.15, -0.1) is 0 Å². The highest BCUT2D eigenvalue weighted by molar-refractivity contribution is 5.31. The number of rotatable bonds is 10. The molecule has 0 bridgehead atoms. The fraction of sp³-hybridized carbons (Fsp3) is 0.308. The van der Waals surface area contributed by atoms with Gasteiger partial charge >= 0.3 is 0 Å². The molecule has 3 aromatic rings. The third-order valence-electron chi connectivity index (χ3n) is 5.30. The first-order valence-electron chi connectivity index (χ1n) is 10.3. The third kappa shape index (κ3) is 5.97. The van der Waals surface area contributed by atoms with E-state index in [2.05, 4.69) is 85.9 Å². The molecule has 2 nitrogen and oxygen atoms in total. The van der Waals surface area contributed by atoms with Crippen molar-refractivity contribution in [3.05, 3.63) is 102 Å². The molecule has 0 aliphatic carbocycles. The average Bonchev–Trinajstić information content (AvgIpc) is 2.75. The van der Waals surface area contributed by atoms with Gasteiger partial charge in [-0.3, -0.25) is 0 Å². The molecule has 1 unspecified atom stereocenters. The molecule has 28 heavy (non-hydrogen) atoms. The van der Waals surface area contributed by atoms with Gasteiger partial charge in [0.1, 0.15) is 12.4 Å². The molecule has 0 spiro atoms. The monoisotopic (exact) mass is 373 g/mol. The molecule has 0 fully saturated rings. The molecule has 0 saturated carbocycles. The van der Waals surface area contributed by atoms with Crippen LogP contribution in [0.3, 0.4) is 0 Å². The van der Waals surface area contributed by atoms with Gasteiger partial charge in [-0.1, -0.05) is 86.6 Å². The molecule has 0 aromatic heterocycles. The molecule has 3 aromatic carbocycles. The Morgan fingerprint density at radius 1 is 0.821 bits per heavy atom. The van der Waals surface area contributed by atoms with Crippen molar-refractivity contribution in [3.8, 4) is 5.75 Å². The molecule has 3 rings (SSSR count). The zero-order valence-corrected chi connectivity index (χ0v) is 17.0. The Hall–Kier alpha value is -2.58. The summed E-state index contributed by atoms with van der Waals surface area (Å²) in [5.41, 5.74) is 3.89. The van der Waals surface area contributed by atoms with Crippen LogP contribution in [0, 0.1) is 5.92 Å². The summed E-state index contributed by atoms with van der Waals surface area (Å²) in [5.74, 6) is 2.02. The quantitative estimate of drug-likeness (QED) is 0.458. The zero-order chi connectivity index (χ0) is 19.6. The summed E-state index contributed by atoms with van der Waals surface area (Å²) < 4.78 is 6.03. The lowest BCUT2D eigenvalue weighted by Gasteiger charge is -2.24. The lowest BCUT2D eigenvalue weighted by atomic mass is 9.85. The molecule has 0 heterocycles. The maximum Gasteiger partial charge on any atom is 0.120 e. The summed E-state index contributed by atoms with van der Waals surface area (Å²) in [6.07, 6.45) is 1.12. The van der Waals surface area contributed by atoms with E-state index in [0.29, 0.717) is 18.4 Å². The Bertz CT molecular complexity index is 816. The van der Waals surface area contributed by atoms with E-state index < -0.39 is 0 Å². The van der Waals surface area contributed by atoms with E-state index >= 15 is 0 Å². The first kappa shape index (κ1) is 20.2. The first-order chi connectivity index (χ1) is 13.8. The third-order valence-corrected chi connectivity index (χ3v) is 5.30. The molecule has 0 saturated heterocycles. The Balaban J connectivity index is 1.56. The standard InChI is InChI=1S/C26H31NO/c1-3-26(21(2)18-27-19-22-11-6-4-7-12-22)24-15-10-16-25(17-24)28-20-23-13-8-5-9-14-23/h4-17,21,26-27H,3,18-20H2,1-2H3/t21?,26-/m1/s1. The zero-order valence-electron chi connectivity index (χ0n) is 17.0. The van der Waals surface area contributed by atoms with Gasteiger partial charge in [0.05, 0.1) is 0 Å². The van der Waals surface area contributed by atoms with Crippen molar-refractivity contribution in [2.75, 3.05) is 6.54 Å². The highest BCUT2D eigenvalue weighted by atomic mass is 16.5. The maximum absolute atomic E-state index is 6.03. The molecule has 0 amide bonds. The van der Waals surface area contributed by atoms with E-state index in [9.17, 15) is 0 Å². The molecule has 1 N–H and O–H groups in total. The van der Waals surface area contributed by atoms with E-state index in [0.717, 1.165) is 25.3 Å². The summed E-state index contributed by atoms with van der Waals surface area (Å²) in [7, 11) is 0. The molecule has 2 heteroatoms. The molecular formula is C26H31NO. The van der Waals surface area contributed by atoms with Crippen LogP contribution in [0.5, 0.6) is 5.75 Å². The van der Waals surface area contributed by atoms with E-state index in [4.69, 9.17) is 4.74 Å². The van der Waals surface area contributed by atoms with Crippen LogP contribution in [0.4, 0.5) is 0 Å². The summed E-state index contributed by atoms with van der Waals surface area (Å²) in [6, 6.07) is 29.5. The van der Waals surface area contributed by atoms with Gasteiger partial charge in [0.2, 0.25) is 0 Å². The Morgan fingerprint density at radius 3 is 2.18 bits per heavy atom. The van der Waals surface area contributed by atoms with Gasteiger partial charge in [0, 0.05) is 6.54 Å². The van der Waals surface area contributed by atoms with Gasteiger partial charge in [-0.25, -0.2) is 0 Å². The van der Waals surface area contributed by atoms with Crippen LogP contribution in [0.1, 0.15) is 42.9 Å². The largest absolute Gasteiger partial charge is 0.489 e. The summed E-state index contributed by atoms with van der Waals surface area (Å²) in [4.78, 5) is 0. The van der Waals surface area contributed by atoms with Crippen LogP contribution in [-0.4, -0.2) is 6.54 Å². The smallest absolute Gasteiger partial charge is 0.120 e. The fourth-order valence-electron chi connectivity index (χ4n) is 3.72. The minimum absolute atomic E-state index is 0.517. The molecular weight excluding hydrogens is 342 g/mol. The molecule has 2 atom stereocenters. The number of hydrogen-bond acceptors (Lipinski definition) is 2. The van der Waals surface area contributed by atoms with Crippen molar-refractivity contribution in [1.29, 1.82) is 0 Å². The van der Waals surface area contributed by atoms with E-state index in [-0.39, 0.29) is 0 Å². The van der Waals surface area contributed by atoms with E-state index in [1.165, 1.54) is 16.7 Å². The topological polar surface area (TPSA) is 21.3 Å². The number of hydrogen-bond donors (Lipinski definition) is 1. The van der Waals surface area contributed by atoms with Crippen molar-refractivity contribution < 1.29 is 4.74 Å². The predicted molar refractivity (Wildman–Crippen MR) is 118 cm³/mol. The van der Waals surface area contributed by atoms with Gasteiger partial charge in [0.25, 0.3) is 0 Å². The highest BCUT2D eigenvalue weighted by Gasteiger charge is 2.18. The van der Waals surface area contributed by atoms with Gasteiger partial charge in [0.15, 0.2) is 0 Å². The molecule has 146 valence electrons. The van der Waals surface area contributed by atoms with Crippen molar-refractivity contribution in [1.82, 2.24) is 5.32 Å². The minimum Gasteiger partial charge on any atom is -0.489 e. The van der Waals surface area contributed by atoms with Crippen molar-refractivity contribution in [2.45, 2.75) is 39.3 Å². The van der Waals surface area contributed by atoms with Crippen LogP contribution in [-0.2, 0) is 13.2 Å². The second-order valence-corrected chi connectivity index (χ2v) is 7.46. The van der Waals surface area contributed by atoms with Crippen LogP contribution in [0.2, 0.25) is 0 Å². The lowest BCUT2D eigenvalue weighted by Crippen LogP contribution is -2.25. The fourth-order valence-corrected chi connectivity index (χ4v) is 3.72. The van der Waals surface area contributed by atoms with E-state index in [1.807, 2.05) is 18.2 Å². The normalized spacial score (nSPS) is 13.1. The Morgan fingerprint density at radius 2 is 1.50 bits per heavy atom. The number of ether oxygens (including phenoxy) is 1. The maximum atomic E-state index is 6.03. The Labute approximate surface area is 169 Å². The minimum atomic E-state index is 0.517. The van der Waals surface area contributed by atoms with Crippen LogP contribution < -0.4 is 10.1 Å². The first-order valence-corrected chi connectivity index (χ1v) is 10.3. The molecule has 0 radical (unpaired) electrons. The summed E-state index contributed by atoms with van der Waals surface area (Å²) in [6.45, 7) is 7.14. The summed E-state index contributed by atoms with van der Waals surface area (Å²) >= 11 is 0. The van der Waals surface area contributed by atoms with Crippen LogP contribution in [0.15, 0.2) is 84.9 Å². The van der Waals surface area contributed by atoms with Crippen molar-refractivity contribution in [3.63, 3.8) is 0 Å².